The molecule has 0 aromatic heterocycles. The van der Waals surface area contributed by atoms with Crippen LogP contribution in [0.15, 0.2) is 48.5 Å². The molecule has 1 aliphatic rings. The number of alkyl halides is 1. The summed E-state index contributed by atoms with van der Waals surface area (Å²) in [5, 5.41) is 0. The second kappa shape index (κ2) is 18.9. The molecule has 0 radical (unpaired) electrons. The Morgan fingerprint density at radius 1 is 0.750 bits per heavy atom. The summed E-state index contributed by atoms with van der Waals surface area (Å²) in [5.74, 6) is 0.645. The van der Waals surface area contributed by atoms with Gasteiger partial charge in [0.1, 0.15) is 11.9 Å². The summed E-state index contributed by atoms with van der Waals surface area (Å²) >= 11 is 0. The Morgan fingerprint density at radius 3 is 1.90 bits per heavy atom. The highest BCUT2D eigenvalue weighted by Gasteiger charge is 2.27. The highest BCUT2D eigenvalue weighted by Crippen LogP contribution is 2.29. The third-order valence-corrected chi connectivity index (χ3v) is 8.34. The smallest absolute Gasteiger partial charge is 0.340 e. The lowest BCUT2D eigenvalue weighted by Gasteiger charge is -2.28. The molecule has 0 amide bonds. The van der Waals surface area contributed by atoms with E-state index in [1.807, 2.05) is 6.92 Å². The van der Waals surface area contributed by atoms with E-state index in [1.54, 1.807) is 0 Å². The average molecular weight is 553 g/mol. The van der Waals surface area contributed by atoms with Crippen molar-refractivity contribution in [2.24, 2.45) is 5.92 Å². The van der Waals surface area contributed by atoms with Crippen LogP contribution < -0.4 is 4.74 Å². The summed E-state index contributed by atoms with van der Waals surface area (Å²) < 4.78 is 25.4. The van der Waals surface area contributed by atoms with Crippen LogP contribution in [0.1, 0.15) is 122 Å². The number of carbonyl (C=O) groups is 1. The molecule has 3 nitrogen and oxygen atoms in total. The fraction of sp³-hybridized carbons (Fsp3) is 0.639. The largest absolute Gasteiger partial charge is 0.493 e. The summed E-state index contributed by atoms with van der Waals surface area (Å²) in [5.41, 5.74) is 3.87. The molecule has 1 aliphatic carbocycles. The Morgan fingerprint density at radius 2 is 1.30 bits per heavy atom. The second-order valence-electron chi connectivity index (χ2n) is 11.8. The topological polar surface area (TPSA) is 35.5 Å². The van der Waals surface area contributed by atoms with Gasteiger partial charge in [-0.05, 0) is 79.7 Å². The first-order valence-corrected chi connectivity index (χ1v) is 16.3. The highest BCUT2D eigenvalue weighted by atomic mass is 19.1. The second-order valence-corrected chi connectivity index (χ2v) is 11.8. The van der Waals surface area contributed by atoms with Crippen molar-refractivity contribution in [2.75, 3.05) is 6.61 Å². The standard InChI is InChI=1S/C36H53FO3/c1-3-5-7-8-9-10-11-12-13-14-29-16-20-31(21-17-29)32-22-26-33(27-23-32)39-28-30-18-24-34(25-19-30)40-36(38)35(37)15-6-4-2/h16-17,20-23,26-27,30,34-35H,3-15,18-19,24-25,28H2,1-2H3/t30-,34-,35-/m0/s1. The summed E-state index contributed by atoms with van der Waals surface area (Å²) in [7, 11) is 0. The third-order valence-electron chi connectivity index (χ3n) is 8.34. The molecule has 1 saturated carbocycles. The number of benzene rings is 2. The van der Waals surface area contributed by atoms with Gasteiger partial charge in [0.15, 0.2) is 6.17 Å². The van der Waals surface area contributed by atoms with Gasteiger partial charge in [-0.1, -0.05) is 114 Å². The van der Waals surface area contributed by atoms with E-state index in [0.717, 1.165) is 37.9 Å². The monoisotopic (exact) mass is 552 g/mol. The van der Waals surface area contributed by atoms with E-state index in [2.05, 4.69) is 55.5 Å². The van der Waals surface area contributed by atoms with Gasteiger partial charge in [-0.25, -0.2) is 9.18 Å². The first kappa shape index (κ1) is 32.2. The number of esters is 1. The molecule has 4 heteroatoms. The molecule has 0 N–H and O–H groups in total. The number of aryl methyl sites for hydroxylation is 1. The van der Waals surface area contributed by atoms with Gasteiger partial charge >= 0.3 is 5.97 Å². The van der Waals surface area contributed by atoms with Crippen LogP contribution in [0, 0.1) is 5.92 Å². The molecule has 0 aliphatic heterocycles. The maximum absolute atomic E-state index is 13.9. The van der Waals surface area contributed by atoms with Crippen molar-refractivity contribution >= 4 is 5.97 Å². The van der Waals surface area contributed by atoms with E-state index >= 15 is 0 Å². The van der Waals surface area contributed by atoms with Crippen LogP contribution in [0.5, 0.6) is 5.75 Å². The minimum Gasteiger partial charge on any atom is -0.493 e. The lowest BCUT2D eigenvalue weighted by molar-refractivity contribution is -0.157. The van der Waals surface area contributed by atoms with Crippen LogP contribution in [-0.2, 0) is 16.0 Å². The highest BCUT2D eigenvalue weighted by molar-refractivity contribution is 5.74. The lowest BCUT2D eigenvalue weighted by Crippen LogP contribution is -2.30. The normalized spacial score (nSPS) is 17.9. The van der Waals surface area contributed by atoms with Crippen LogP contribution in [0.3, 0.4) is 0 Å². The first-order valence-electron chi connectivity index (χ1n) is 16.3. The molecular formula is C36H53FO3. The van der Waals surface area contributed by atoms with Crippen molar-refractivity contribution in [3.8, 4) is 16.9 Å². The zero-order valence-electron chi connectivity index (χ0n) is 25.2. The van der Waals surface area contributed by atoms with Gasteiger partial charge in [-0.2, -0.15) is 0 Å². The Labute approximate surface area is 243 Å². The van der Waals surface area contributed by atoms with E-state index in [-0.39, 0.29) is 12.5 Å². The van der Waals surface area contributed by atoms with Crippen LogP contribution >= 0.6 is 0 Å². The first-order chi connectivity index (χ1) is 19.6. The van der Waals surface area contributed by atoms with E-state index in [9.17, 15) is 9.18 Å². The Bertz CT molecular complexity index is 932. The molecule has 3 rings (SSSR count). The molecule has 2 aromatic carbocycles. The summed E-state index contributed by atoms with van der Waals surface area (Å²) in [4.78, 5) is 11.9. The van der Waals surface area contributed by atoms with Gasteiger partial charge < -0.3 is 9.47 Å². The van der Waals surface area contributed by atoms with Crippen molar-refractivity contribution in [2.45, 2.75) is 135 Å². The van der Waals surface area contributed by atoms with Crippen molar-refractivity contribution in [1.82, 2.24) is 0 Å². The van der Waals surface area contributed by atoms with Crippen molar-refractivity contribution in [3.63, 3.8) is 0 Å². The Hall–Kier alpha value is -2.36. The van der Waals surface area contributed by atoms with Crippen LogP contribution in [0.25, 0.3) is 11.1 Å². The Kier molecular flexibility index (Phi) is 15.2. The zero-order valence-corrected chi connectivity index (χ0v) is 25.2. The third kappa shape index (κ3) is 12.0. The van der Waals surface area contributed by atoms with E-state index in [0.29, 0.717) is 18.9 Å². The SMILES string of the molecule is CCCCCCCCCCCc1ccc(-c2ccc(OC[C@H]3CC[C@H](OC(=O)[C@@H](F)CCCC)CC3)cc2)cc1. The lowest BCUT2D eigenvalue weighted by atomic mass is 9.88. The van der Waals surface area contributed by atoms with Gasteiger partial charge in [-0.3, -0.25) is 0 Å². The van der Waals surface area contributed by atoms with Gasteiger partial charge in [-0.15, -0.1) is 0 Å². The minimum atomic E-state index is -1.48. The number of hydrogen-bond donors (Lipinski definition) is 0. The molecule has 1 atom stereocenters. The van der Waals surface area contributed by atoms with Gasteiger partial charge in [0.25, 0.3) is 0 Å². The van der Waals surface area contributed by atoms with E-state index in [1.165, 1.54) is 80.9 Å². The van der Waals surface area contributed by atoms with Crippen LogP contribution in [0.4, 0.5) is 4.39 Å². The average Bonchev–Trinajstić information content (AvgIpc) is 2.99. The molecule has 0 saturated heterocycles. The zero-order chi connectivity index (χ0) is 28.4. The number of rotatable bonds is 19. The van der Waals surface area contributed by atoms with Crippen LogP contribution in [-0.4, -0.2) is 24.9 Å². The van der Waals surface area contributed by atoms with Gasteiger partial charge in [0.05, 0.1) is 6.61 Å². The maximum Gasteiger partial charge on any atom is 0.340 e. The molecule has 0 heterocycles. The van der Waals surface area contributed by atoms with Crippen molar-refractivity contribution in [3.05, 3.63) is 54.1 Å². The summed E-state index contributed by atoms with van der Waals surface area (Å²) in [6, 6.07) is 17.4. The summed E-state index contributed by atoms with van der Waals surface area (Å²) in [6.45, 7) is 4.93. The molecule has 0 spiro atoms. The molecular weight excluding hydrogens is 499 g/mol. The minimum absolute atomic E-state index is 0.153. The van der Waals surface area contributed by atoms with Gasteiger partial charge in [0, 0.05) is 0 Å². The molecule has 2 aromatic rings. The fourth-order valence-electron chi connectivity index (χ4n) is 5.62. The number of ether oxygens (including phenoxy) is 2. The quantitative estimate of drug-likeness (QED) is 0.128. The molecule has 0 unspecified atom stereocenters. The van der Waals surface area contributed by atoms with Crippen LogP contribution in [0.2, 0.25) is 0 Å². The van der Waals surface area contributed by atoms with Crippen molar-refractivity contribution < 1.29 is 18.7 Å². The fourth-order valence-corrected chi connectivity index (χ4v) is 5.62. The molecule has 40 heavy (non-hydrogen) atoms. The van der Waals surface area contributed by atoms with E-state index < -0.39 is 12.1 Å². The predicted octanol–water partition coefficient (Wildman–Crippen LogP) is 10.4. The maximum atomic E-state index is 13.9. The number of unbranched alkanes of at least 4 members (excludes halogenated alkanes) is 9. The summed E-state index contributed by atoms with van der Waals surface area (Å²) in [6.07, 6.45) is 17.2. The molecule has 0 bridgehead atoms. The van der Waals surface area contributed by atoms with Crippen molar-refractivity contribution in [1.29, 1.82) is 0 Å². The molecule has 1 fully saturated rings. The number of carbonyl (C=O) groups excluding carboxylic acids is 1. The number of hydrogen-bond acceptors (Lipinski definition) is 3. The van der Waals surface area contributed by atoms with Gasteiger partial charge in [0.2, 0.25) is 0 Å². The van der Waals surface area contributed by atoms with E-state index in [4.69, 9.17) is 9.47 Å². The molecule has 222 valence electrons. The number of halogens is 1. The Balaban J connectivity index is 1.30. The predicted molar refractivity (Wildman–Crippen MR) is 165 cm³/mol.